The Balaban J connectivity index is 1.94. The second-order valence-electron chi connectivity index (χ2n) is 4.94. The lowest BCUT2D eigenvalue weighted by molar-refractivity contribution is 0.101. The third-order valence-electron chi connectivity index (χ3n) is 3.25. The van der Waals surface area contributed by atoms with Crippen molar-refractivity contribution in [3.63, 3.8) is 0 Å². The predicted molar refractivity (Wildman–Crippen MR) is 81.1 cm³/mol. The van der Waals surface area contributed by atoms with Crippen LogP contribution in [0.25, 0.3) is 0 Å². The molecule has 1 unspecified atom stereocenters. The molecular formula is C17H19NO2. The molecule has 0 saturated heterocycles. The Hall–Kier alpha value is -2.13. The molecule has 0 radical (unpaired) electrons. The number of aliphatic hydroxyl groups excluding tert-OH is 1. The molecule has 2 rings (SSSR count). The highest BCUT2D eigenvalue weighted by atomic mass is 16.3. The average Bonchev–Trinajstić information content (AvgIpc) is 2.46. The molecule has 2 aromatic rings. The van der Waals surface area contributed by atoms with Crippen molar-refractivity contribution >= 4 is 11.5 Å². The number of Topliss-reactive ketones (excluding diaryl/α,β-unsaturated/α-hetero) is 1. The van der Waals surface area contributed by atoms with E-state index in [2.05, 4.69) is 5.32 Å². The van der Waals surface area contributed by atoms with Gasteiger partial charge in [-0.15, -0.1) is 0 Å². The summed E-state index contributed by atoms with van der Waals surface area (Å²) in [6, 6.07) is 15.1. The Morgan fingerprint density at radius 3 is 2.25 bits per heavy atom. The van der Waals surface area contributed by atoms with Crippen LogP contribution in [0.5, 0.6) is 0 Å². The molecule has 0 aliphatic carbocycles. The van der Waals surface area contributed by atoms with Gasteiger partial charge in [-0.2, -0.15) is 0 Å². The van der Waals surface area contributed by atoms with Crippen LogP contribution in [0.3, 0.4) is 0 Å². The summed E-state index contributed by atoms with van der Waals surface area (Å²) in [6.07, 6.45) is -0.553. The van der Waals surface area contributed by atoms with E-state index in [1.54, 1.807) is 19.1 Å². The fraction of sp³-hybridized carbons (Fsp3) is 0.235. The third kappa shape index (κ3) is 3.68. The SMILES string of the molecule is CC(=O)c1ccc(NCC(O)c2ccc(C)cc2)cc1. The van der Waals surface area contributed by atoms with Gasteiger partial charge in [-0.05, 0) is 43.7 Å². The Labute approximate surface area is 119 Å². The van der Waals surface area contributed by atoms with E-state index in [9.17, 15) is 9.90 Å². The van der Waals surface area contributed by atoms with Crippen LogP contribution in [0.4, 0.5) is 5.69 Å². The number of ketones is 1. The number of aliphatic hydroxyl groups is 1. The number of carbonyl (C=O) groups excluding carboxylic acids is 1. The van der Waals surface area contributed by atoms with Gasteiger partial charge in [0.2, 0.25) is 0 Å². The minimum atomic E-state index is -0.553. The summed E-state index contributed by atoms with van der Waals surface area (Å²) in [4.78, 5) is 11.2. The van der Waals surface area contributed by atoms with Crippen LogP contribution in [0.1, 0.15) is 34.5 Å². The van der Waals surface area contributed by atoms with Crippen molar-refractivity contribution in [2.75, 3.05) is 11.9 Å². The van der Waals surface area contributed by atoms with Crippen molar-refractivity contribution in [3.8, 4) is 0 Å². The van der Waals surface area contributed by atoms with Gasteiger partial charge in [0.15, 0.2) is 5.78 Å². The van der Waals surface area contributed by atoms with E-state index >= 15 is 0 Å². The zero-order valence-corrected chi connectivity index (χ0v) is 11.8. The molecule has 20 heavy (non-hydrogen) atoms. The normalized spacial score (nSPS) is 11.9. The fourth-order valence-electron chi connectivity index (χ4n) is 1.94. The summed E-state index contributed by atoms with van der Waals surface area (Å²) in [5, 5.41) is 13.3. The fourth-order valence-corrected chi connectivity index (χ4v) is 1.94. The van der Waals surface area contributed by atoms with Crippen LogP contribution in [-0.4, -0.2) is 17.4 Å². The van der Waals surface area contributed by atoms with Crippen LogP contribution < -0.4 is 5.32 Å². The minimum Gasteiger partial charge on any atom is -0.387 e. The number of carbonyl (C=O) groups is 1. The Morgan fingerprint density at radius 2 is 1.70 bits per heavy atom. The molecule has 0 aliphatic rings. The Bertz CT molecular complexity index is 573. The van der Waals surface area contributed by atoms with Crippen molar-refractivity contribution in [2.24, 2.45) is 0 Å². The third-order valence-corrected chi connectivity index (χ3v) is 3.25. The highest BCUT2D eigenvalue weighted by Crippen LogP contribution is 2.16. The maximum atomic E-state index is 11.2. The molecule has 0 spiro atoms. The first kappa shape index (κ1) is 14.3. The van der Waals surface area contributed by atoms with Crippen LogP contribution >= 0.6 is 0 Å². The highest BCUT2D eigenvalue weighted by molar-refractivity contribution is 5.94. The summed E-state index contributed by atoms with van der Waals surface area (Å²) in [5.41, 5.74) is 3.65. The molecule has 2 aromatic carbocycles. The second kappa shape index (κ2) is 6.35. The maximum Gasteiger partial charge on any atom is 0.159 e. The van der Waals surface area contributed by atoms with Gasteiger partial charge in [-0.25, -0.2) is 0 Å². The summed E-state index contributed by atoms with van der Waals surface area (Å²) in [6.45, 7) is 4.00. The number of benzene rings is 2. The Morgan fingerprint density at radius 1 is 1.10 bits per heavy atom. The van der Waals surface area contributed by atoms with Gasteiger partial charge in [0.25, 0.3) is 0 Å². The molecule has 0 fully saturated rings. The zero-order chi connectivity index (χ0) is 14.5. The van der Waals surface area contributed by atoms with Crippen LogP contribution in [-0.2, 0) is 0 Å². The summed E-state index contributed by atoms with van der Waals surface area (Å²) in [7, 11) is 0. The van der Waals surface area contributed by atoms with Gasteiger partial charge in [-0.3, -0.25) is 4.79 Å². The number of hydrogen-bond acceptors (Lipinski definition) is 3. The van der Waals surface area contributed by atoms with Crippen molar-refractivity contribution in [2.45, 2.75) is 20.0 Å². The van der Waals surface area contributed by atoms with Gasteiger partial charge in [0.1, 0.15) is 0 Å². The summed E-state index contributed by atoms with van der Waals surface area (Å²) >= 11 is 0. The molecule has 1 atom stereocenters. The molecule has 2 N–H and O–H groups in total. The van der Waals surface area contributed by atoms with E-state index in [0.29, 0.717) is 12.1 Å². The van der Waals surface area contributed by atoms with E-state index < -0.39 is 6.10 Å². The van der Waals surface area contributed by atoms with E-state index in [-0.39, 0.29) is 5.78 Å². The highest BCUT2D eigenvalue weighted by Gasteiger charge is 2.07. The number of rotatable bonds is 5. The number of aryl methyl sites for hydroxylation is 1. The summed E-state index contributed by atoms with van der Waals surface area (Å²) in [5.74, 6) is 0.0521. The van der Waals surface area contributed by atoms with Crippen molar-refractivity contribution < 1.29 is 9.90 Å². The van der Waals surface area contributed by atoms with Gasteiger partial charge in [0, 0.05) is 17.8 Å². The molecule has 104 valence electrons. The standard InChI is InChI=1S/C17H19NO2/c1-12-3-5-15(6-4-12)17(20)11-18-16-9-7-14(8-10-16)13(2)19/h3-10,17-18,20H,11H2,1-2H3. The lowest BCUT2D eigenvalue weighted by atomic mass is 10.1. The molecule has 0 aromatic heterocycles. The molecule has 0 aliphatic heterocycles. The van der Waals surface area contributed by atoms with Gasteiger partial charge in [-0.1, -0.05) is 29.8 Å². The molecule has 0 heterocycles. The number of nitrogens with one attached hydrogen (secondary N) is 1. The molecule has 0 amide bonds. The number of anilines is 1. The number of hydrogen-bond donors (Lipinski definition) is 2. The molecule has 3 nitrogen and oxygen atoms in total. The summed E-state index contributed by atoms with van der Waals surface area (Å²) < 4.78 is 0. The first-order valence-electron chi connectivity index (χ1n) is 6.66. The monoisotopic (exact) mass is 269 g/mol. The van der Waals surface area contributed by atoms with Gasteiger partial charge >= 0.3 is 0 Å². The van der Waals surface area contributed by atoms with Gasteiger partial charge in [0.05, 0.1) is 6.10 Å². The lowest BCUT2D eigenvalue weighted by Gasteiger charge is -2.13. The van der Waals surface area contributed by atoms with E-state index in [1.807, 2.05) is 43.3 Å². The molecular weight excluding hydrogens is 250 g/mol. The predicted octanol–water partition coefficient (Wildman–Crippen LogP) is 3.34. The lowest BCUT2D eigenvalue weighted by Crippen LogP contribution is -2.12. The van der Waals surface area contributed by atoms with Crippen LogP contribution in [0.15, 0.2) is 48.5 Å². The van der Waals surface area contributed by atoms with E-state index in [0.717, 1.165) is 11.3 Å². The van der Waals surface area contributed by atoms with Crippen LogP contribution in [0.2, 0.25) is 0 Å². The molecule has 3 heteroatoms. The van der Waals surface area contributed by atoms with Crippen molar-refractivity contribution in [3.05, 3.63) is 65.2 Å². The molecule has 0 saturated carbocycles. The Kier molecular flexibility index (Phi) is 4.53. The van der Waals surface area contributed by atoms with Crippen molar-refractivity contribution in [1.29, 1.82) is 0 Å². The minimum absolute atomic E-state index is 0.0521. The van der Waals surface area contributed by atoms with Crippen molar-refractivity contribution in [1.82, 2.24) is 0 Å². The van der Waals surface area contributed by atoms with E-state index in [4.69, 9.17) is 0 Å². The molecule has 0 bridgehead atoms. The topological polar surface area (TPSA) is 49.3 Å². The zero-order valence-electron chi connectivity index (χ0n) is 11.8. The largest absolute Gasteiger partial charge is 0.387 e. The second-order valence-corrected chi connectivity index (χ2v) is 4.94. The van der Waals surface area contributed by atoms with Crippen LogP contribution in [0, 0.1) is 6.92 Å². The van der Waals surface area contributed by atoms with E-state index in [1.165, 1.54) is 5.56 Å². The average molecular weight is 269 g/mol. The smallest absolute Gasteiger partial charge is 0.159 e. The maximum absolute atomic E-state index is 11.2. The first-order valence-corrected chi connectivity index (χ1v) is 6.66. The first-order chi connectivity index (χ1) is 9.56. The quantitative estimate of drug-likeness (QED) is 0.818. The van der Waals surface area contributed by atoms with Gasteiger partial charge < -0.3 is 10.4 Å².